The minimum Gasteiger partial charge on any atom is -0.490 e. The zero-order valence-corrected chi connectivity index (χ0v) is 18.1. The summed E-state index contributed by atoms with van der Waals surface area (Å²) >= 11 is 7.61. The molecule has 29 heavy (non-hydrogen) atoms. The van der Waals surface area contributed by atoms with Crippen molar-refractivity contribution >= 4 is 46.2 Å². The van der Waals surface area contributed by atoms with Crippen LogP contribution in [0.15, 0.2) is 58.4 Å². The van der Waals surface area contributed by atoms with Crippen LogP contribution in [0.3, 0.4) is 0 Å². The molecule has 0 spiro atoms. The van der Waals surface area contributed by atoms with Gasteiger partial charge in [-0.05, 0) is 68.4 Å². The molecule has 0 atom stereocenters. The molecule has 0 unspecified atom stereocenters. The van der Waals surface area contributed by atoms with Gasteiger partial charge in [-0.3, -0.25) is 14.7 Å². The fraction of sp³-hybridized carbons (Fsp3) is 0.273. The maximum Gasteiger partial charge on any atom is 0.271 e. The average molecular weight is 431 g/mol. The number of para-hydroxylation sites is 1. The summed E-state index contributed by atoms with van der Waals surface area (Å²) in [6.45, 7) is 6.09. The number of aliphatic hydroxyl groups excluding tert-OH is 1. The van der Waals surface area contributed by atoms with Crippen LogP contribution in [0.25, 0.3) is 6.08 Å². The van der Waals surface area contributed by atoms with E-state index in [2.05, 4.69) is 0 Å². The molecular formula is C22H23ClN2O3S. The summed E-state index contributed by atoms with van der Waals surface area (Å²) in [7, 11) is 0. The van der Waals surface area contributed by atoms with Crippen LogP contribution in [-0.4, -0.2) is 34.9 Å². The molecule has 7 heteroatoms. The van der Waals surface area contributed by atoms with Gasteiger partial charge in [-0.15, -0.1) is 0 Å². The predicted molar refractivity (Wildman–Crippen MR) is 121 cm³/mol. The van der Waals surface area contributed by atoms with Gasteiger partial charge in [0.15, 0.2) is 5.17 Å². The van der Waals surface area contributed by atoms with E-state index in [1.165, 1.54) is 11.8 Å². The van der Waals surface area contributed by atoms with Gasteiger partial charge in [-0.2, -0.15) is 0 Å². The number of nitrogens with zero attached hydrogens (tertiary/aromatic N) is 2. The van der Waals surface area contributed by atoms with Gasteiger partial charge in [0, 0.05) is 0 Å². The van der Waals surface area contributed by atoms with E-state index in [4.69, 9.17) is 26.4 Å². The molecule has 5 nitrogen and oxygen atoms in total. The summed E-state index contributed by atoms with van der Waals surface area (Å²) < 4.78 is 5.38. The van der Waals surface area contributed by atoms with Crippen molar-refractivity contribution in [2.24, 2.45) is 4.99 Å². The van der Waals surface area contributed by atoms with E-state index in [0.29, 0.717) is 20.8 Å². The van der Waals surface area contributed by atoms with Crippen LogP contribution in [0.5, 0.6) is 5.75 Å². The van der Waals surface area contributed by atoms with Gasteiger partial charge >= 0.3 is 0 Å². The highest BCUT2D eigenvalue weighted by atomic mass is 35.5. The quantitative estimate of drug-likeness (QED) is 0.679. The smallest absolute Gasteiger partial charge is 0.271 e. The van der Waals surface area contributed by atoms with E-state index in [1.54, 1.807) is 23.1 Å². The number of hydrogen-bond acceptors (Lipinski definition) is 5. The first-order chi connectivity index (χ1) is 13.8. The Balaban J connectivity index is 1.95. The van der Waals surface area contributed by atoms with Crippen molar-refractivity contribution in [2.45, 2.75) is 26.3 Å². The number of halogens is 1. The third kappa shape index (κ3) is 5.41. The zero-order valence-electron chi connectivity index (χ0n) is 16.6. The van der Waals surface area contributed by atoms with Crippen LogP contribution >= 0.6 is 23.4 Å². The van der Waals surface area contributed by atoms with Gasteiger partial charge in [0.25, 0.3) is 5.91 Å². The van der Waals surface area contributed by atoms with Crippen molar-refractivity contribution in [2.75, 3.05) is 18.1 Å². The largest absolute Gasteiger partial charge is 0.490 e. The molecule has 1 aliphatic heterocycles. The van der Waals surface area contributed by atoms with E-state index < -0.39 is 0 Å². The van der Waals surface area contributed by atoms with Crippen molar-refractivity contribution in [1.82, 2.24) is 0 Å². The Labute approximate surface area is 180 Å². The Morgan fingerprint density at radius 1 is 1.21 bits per heavy atom. The van der Waals surface area contributed by atoms with Crippen LogP contribution in [-0.2, 0) is 4.79 Å². The molecular weight excluding hydrogens is 408 g/mol. The number of thioether (sulfide) groups is 1. The van der Waals surface area contributed by atoms with E-state index in [-0.39, 0.29) is 24.7 Å². The fourth-order valence-corrected chi connectivity index (χ4v) is 4.08. The molecule has 1 N–H and O–H groups in total. The zero-order chi connectivity index (χ0) is 21.0. The van der Waals surface area contributed by atoms with Crippen LogP contribution in [0.1, 0.15) is 26.3 Å². The first-order valence-electron chi connectivity index (χ1n) is 9.20. The number of amides is 1. The third-order valence-electron chi connectivity index (χ3n) is 3.85. The highest BCUT2D eigenvalue weighted by molar-refractivity contribution is 8.19. The molecule has 0 radical (unpaired) electrons. The predicted octanol–water partition coefficient (Wildman–Crippen LogP) is 4.99. The topological polar surface area (TPSA) is 62.1 Å². The first kappa shape index (κ1) is 21.4. The molecule has 1 aliphatic rings. The van der Waals surface area contributed by atoms with Gasteiger partial charge in [-0.1, -0.05) is 35.9 Å². The molecule has 1 heterocycles. The molecule has 0 aromatic heterocycles. The van der Waals surface area contributed by atoms with Crippen molar-refractivity contribution in [3.8, 4) is 5.75 Å². The number of aliphatic imine (C=N–C) groups is 1. The minimum absolute atomic E-state index is 0.0848. The van der Waals surface area contributed by atoms with Crippen molar-refractivity contribution in [3.63, 3.8) is 0 Å². The maximum atomic E-state index is 13.2. The van der Waals surface area contributed by atoms with Gasteiger partial charge < -0.3 is 9.84 Å². The van der Waals surface area contributed by atoms with Crippen molar-refractivity contribution < 1.29 is 14.6 Å². The van der Waals surface area contributed by atoms with Gasteiger partial charge in [-0.25, -0.2) is 0 Å². The number of aliphatic hydroxyl groups is 1. The number of amidine groups is 1. The number of rotatable bonds is 5. The molecule has 3 rings (SSSR count). The van der Waals surface area contributed by atoms with Crippen molar-refractivity contribution in [1.29, 1.82) is 0 Å². The van der Waals surface area contributed by atoms with Crippen LogP contribution in [0.4, 0.5) is 5.69 Å². The molecule has 2 aromatic carbocycles. The number of anilines is 1. The summed E-state index contributed by atoms with van der Waals surface area (Å²) in [6, 6.07) is 14.8. The van der Waals surface area contributed by atoms with E-state index >= 15 is 0 Å². The Hall–Kier alpha value is -2.28. The lowest BCUT2D eigenvalue weighted by molar-refractivity contribution is -0.113. The number of hydrogen-bond donors (Lipinski definition) is 1. The second-order valence-electron chi connectivity index (χ2n) is 7.41. The average Bonchev–Trinajstić information content (AvgIpc) is 2.95. The normalized spacial score (nSPS) is 17.4. The molecule has 1 fully saturated rings. The number of benzene rings is 2. The van der Waals surface area contributed by atoms with Crippen molar-refractivity contribution in [3.05, 3.63) is 64.0 Å². The van der Waals surface area contributed by atoms with E-state index in [0.717, 1.165) is 11.3 Å². The van der Waals surface area contributed by atoms with E-state index in [9.17, 15) is 4.79 Å². The molecule has 0 aliphatic carbocycles. The molecule has 0 saturated carbocycles. The van der Waals surface area contributed by atoms with Gasteiger partial charge in [0.05, 0.1) is 27.8 Å². The summed E-state index contributed by atoms with van der Waals surface area (Å²) in [4.78, 5) is 20.1. The Morgan fingerprint density at radius 3 is 2.55 bits per heavy atom. The third-order valence-corrected chi connectivity index (χ3v) is 5.12. The number of ether oxygens (including phenoxy) is 1. The maximum absolute atomic E-state index is 13.2. The molecule has 1 saturated heterocycles. The van der Waals surface area contributed by atoms with Crippen LogP contribution < -0.4 is 9.64 Å². The molecule has 0 bridgehead atoms. The summed E-state index contributed by atoms with van der Waals surface area (Å²) in [5.41, 5.74) is 1.24. The van der Waals surface area contributed by atoms with Crippen LogP contribution in [0, 0.1) is 0 Å². The lowest BCUT2D eigenvalue weighted by Crippen LogP contribution is -2.30. The van der Waals surface area contributed by atoms with Gasteiger partial charge in [0.1, 0.15) is 12.4 Å². The molecule has 152 valence electrons. The number of carbonyl (C=O) groups is 1. The second-order valence-corrected chi connectivity index (χ2v) is 8.83. The summed E-state index contributed by atoms with van der Waals surface area (Å²) in [5, 5.41) is 9.95. The highest BCUT2D eigenvalue weighted by Gasteiger charge is 2.35. The SMILES string of the molecule is CC(C)(C)N=C1S/C(=C\c2ccc(OCCO)c(Cl)c2)C(=O)N1c1ccccc1. The standard InChI is InChI=1S/C22H23ClN2O3S/c1-22(2,3)24-21-25(16-7-5-4-6-8-16)20(27)19(29-21)14-15-9-10-18(17(23)13-15)28-12-11-26/h4-10,13-14,26H,11-12H2,1-3H3/b19-14-,24-21?. The number of carbonyl (C=O) groups excluding carboxylic acids is 1. The Morgan fingerprint density at radius 2 is 1.93 bits per heavy atom. The van der Waals surface area contributed by atoms with Crippen LogP contribution in [0.2, 0.25) is 5.02 Å². The Kier molecular flexibility index (Phi) is 6.67. The summed E-state index contributed by atoms with van der Waals surface area (Å²) in [6.07, 6.45) is 1.80. The lowest BCUT2D eigenvalue weighted by atomic mass is 10.1. The Bertz CT molecular complexity index is 952. The van der Waals surface area contributed by atoms with E-state index in [1.807, 2.05) is 57.2 Å². The first-order valence-corrected chi connectivity index (χ1v) is 10.4. The van der Waals surface area contributed by atoms with Gasteiger partial charge in [0.2, 0.25) is 0 Å². The monoisotopic (exact) mass is 430 g/mol. The molecule has 2 aromatic rings. The highest BCUT2D eigenvalue weighted by Crippen LogP contribution is 2.37. The summed E-state index contributed by atoms with van der Waals surface area (Å²) in [5.74, 6) is 0.370. The second kappa shape index (κ2) is 9.03. The molecule has 1 amide bonds. The minimum atomic E-state index is -0.319. The fourth-order valence-electron chi connectivity index (χ4n) is 2.67. The lowest BCUT2D eigenvalue weighted by Gasteiger charge is -2.19.